The molecule has 0 aromatic rings. The minimum atomic E-state index is -0.981. The molecule has 1 unspecified atom stereocenters. The van der Waals surface area contributed by atoms with E-state index >= 15 is 0 Å². The molecule has 10 nitrogen and oxygen atoms in total. The Morgan fingerprint density at radius 3 is 1.17 bits per heavy atom. The largest absolute Gasteiger partial charge is 0.481 e. The number of rotatable bonds is 2. The maximum absolute atomic E-state index is 9.00. The fraction of sp³-hybridized carbons (Fsp3) is 0.625. The summed E-state index contributed by atoms with van der Waals surface area (Å²) < 4.78 is 0. The third-order valence-electron chi connectivity index (χ3n) is 0.372. The van der Waals surface area contributed by atoms with E-state index in [4.69, 9.17) is 45.8 Å². The summed E-state index contributed by atoms with van der Waals surface area (Å²) in [6.07, 6.45) is -0.981. The van der Waals surface area contributed by atoms with Crippen LogP contribution in [0.15, 0.2) is 0 Å². The Kier molecular flexibility index (Phi) is 28.9. The highest BCUT2D eigenvalue weighted by atomic mass is 16.5. The van der Waals surface area contributed by atoms with Crippen molar-refractivity contribution in [1.29, 1.82) is 0 Å². The minimum Gasteiger partial charge on any atom is -0.481 e. The summed E-state index contributed by atoms with van der Waals surface area (Å²) in [6, 6.07) is 0. The quantitative estimate of drug-likeness (QED) is 0.230. The average molecular weight is 272 g/mol. The molecule has 18 heavy (non-hydrogen) atoms. The van der Waals surface area contributed by atoms with Gasteiger partial charge in [-0.1, -0.05) is 0 Å². The average Bonchev–Trinajstić information content (AvgIpc) is 2.13. The molecule has 110 valence electrons. The summed E-state index contributed by atoms with van der Waals surface area (Å²) >= 11 is 0. The first-order chi connectivity index (χ1) is 8.00. The van der Waals surface area contributed by atoms with Gasteiger partial charge < -0.3 is 31.4 Å². The van der Waals surface area contributed by atoms with Gasteiger partial charge in [-0.25, -0.2) is 0 Å². The topological polar surface area (TPSA) is 190 Å². The van der Waals surface area contributed by atoms with E-state index in [2.05, 4.69) is 0 Å². The van der Waals surface area contributed by atoms with E-state index in [1.54, 1.807) is 5.48 Å². The normalized spacial score (nSPS) is 9.00. The number of aliphatic carboxylic acids is 3. The van der Waals surface area contributed by atoms with Crippen molar-refractivity contribution >= 4 is 17.9 Å². The van der Waals surface area contributed by atoms with Crippen molar-refractivity contribution in [3.05, 3.63) is 0 Å². The summed E-state index contributed by atoms with van der Waals surface area (Å²) in [5.74, 6) is -2.50. The number of nitrogens with one attached hydrogen (secondary N) is 1. The monoisotopic (exact) mass is 272 g/mol. The maximum Gasteiger partial charge on any atom is 0.300 e. The van der Waals surface area contributed by atoms with Gasteiger partial charge in [0.15, 0.2) is 0 Å². The molecule has 0 spiro atoms. The minimum absolute atomic E-state index is 0.0243. The van der Waals surface area contributed by atoms with Crippen LogP contribution in [-0.4, -0.2) is 56.3 Å². The molecule has 0 aliphatic carbocycles. The number of carboxylic acids is 3. The molecule has 0 aromatic carbocycles. The second-order valence-corrected chi connectivity index (χ2v) is 2.44. The van der Waals surface area contributed by atoms with E-state index in [0.29, 0.717) is 0 Å². The van der Waals surface area contributed by atoms with Gasteiger partial charge in [-0.3, -0.25) is 14.4 Å². The molecule has 0 fully saturated rings. The van der Waals surface area contributed by atoms with Crippen molar-refractivity contribution in [3.8, 4) is 0 Å². The molecule has 10 heteroatoms. The van der Waals surface area contributed by atoms with Crippen LogP contribution in [0.25, 0.3) is 0 Å². The van der Waals surface area contributed by atoms with E-state index in [9.17, 15) is 0 Å². The second-order valence-electron chi connectivity index (χ2n) is 2.44. The van der Waals surface area contributed by atoms with Gasteiger partial charge in [-0.15, -0.1) is 0 Å². The highest BCUT2D eigenvalue weighted by Gasteiger charge is 1.90. The lowest BCUT2D eigenvalue weighted by Gasteiger charge is -1.99. The molecule has 0 aromatic heterocycles. The second kappa shape index (κ2) is 20.6. The van der Waals surface area contributed by atoms with Crippen LogP contribution in [0, 0.1) is 0 Å². The standard InChI is InChI=1S/C2H8N2O2.3C2H4O2/c3-1-2(5)4-6;3*1-2(3)4/h2,4-6H,1,3H2;3*1H3,(H,3,4). The van der Waals surface area contributed by atoms with Crippen molar-refractivity contribution in [2.75, 3.05) is 6.54 Å². The molecule has 0 bridgehead atoms. The van der Waals surface area contributed by atoms with Crippen LogP contribution in [-0.2, 0) is 14.4 Å². The first-order valence-electron chi connectivity index (χ1n) is 4.37. The lowest BCUT2D eigenvalue weighted by atomic mass is 10.6. The molecule has 0 aliphatic heterocycles. The van der Waals surface area contributed by atoms with Gasteiger partial charge in [-0.05, 0) is 0 Å². The number of carbonyl (C=O) groups is 3. The van der Waals surface area contributed by atoms with E-state index in [1.165, 1.54) is 0 Å². The summed E-state index contributed by atoms with van der Waals surface area (Å²) in [6.45, 7) is 3.27. The molecule has 0 radical (unpaired) electrons. The molecular weight excluding hydrogens is 252 g/mol. The van der Waals surface area contributed by atoms with Crippen LogP contribution < -0.4 is 11.2 Å². The zero-order valence-corrected chi connectivity index (χ0v) is 10.3. The summed E-state index contributed by atoms with van der Waals surface area (Å²) in [5.41, 5.74) is 6.36. The first-order valence-corrected chi connectivity index (χ1v) is 4.37. The third-order valence-corrected chi connectivity index (χ3v) is 0.372. The number of hydrogen-bond donors (Lipinski definition) is 7. The van der Waals surface area contributed by atoms with Crippen molar-refractivity contribution in [3.63, 3.8) is 0 Å². The van der Waals surface area contributed by atoms with Gasteiger partial charge in [0.1, 0.15) is 6.23 Å². The van der Waals surface area contributed by atoms with E-state index in [0.717, 1.165) is 20.8 Å². The summed E-state index contributed by atoms with van der Waals surface area (Å²) in [7, 11) is 0. The number of aliphatic hydroxyl groups excluding tert-OH is 1. The molecule has 0 rings (SSSR count). The lowest BCUT2D eigenvalue weighted by molar-refractivity contribution is -0.135. The van der Waals surface area contributed by atoms with Crippen molar-refractivity contribution in [2.45, 2.75) is 27.0 Å². The van der Waals surface area contributed by atoms with E-state index in [1.807, 2.05) is 0 Å². The highest BCUT2D eigenvalue weighted by molar-refractivity contribution is 5.63. The van der Waals surface area contributed by atoms with Crippen molar-refractivity contribution in [1.82, 2.24) is 5.48 Å². The Hall–Kier alpha value is -1.75. The summed E-state index contributed by atoms with van der Waals surface area (Å²) in [5, 5.41) is 38.2. The highest BCUT2D eigenvalue weighted by Crippen LogP contribution is 1.60. The molecule has 0 heterocycles. The number of aliphatic hydroxyl groups is 1. The molecule has 0 amide bonds. The SMILES string of the molecule is CC(=O)O.CC(=O)O.CC(=O)O.NCC(O)NO. The van der Waals surface area contributed by atoms with E-state index < -0.39 is 24.1 Å². The zero-order valence-electron chi connectivity index (χ0n) is 10.3. The van der Waals surface area contributed by atoms with E-state index in [-0.39, 0.29) is 6.54 Å². The lowest BCUT2D eigenvalue weighted by Crippen LogP contribution is -2.32. The van der Waals surface area contributed by atoms with Crippen molar-refractivity contribution in [2.24, 2.45) is 5.73 Å². The smallest absolute Gasteiger partial charge is 0.300 e. The molecule has 0 aliphatic rings. The number of hydroxylamine groups is 1. The van der Waals surface area contributed by atoms with Gasteiger partial charge in [0, 0.05) is 27.3 Å². The number of hydrogen-bond acceptors (Lipinski definition) is 7. The third kappa shape index (κ3) is 494. The molecule has 1 atom stereocenters. The fourth-order valence-electron chi connectivity index (χ4n) is 0.0527. The maximum atomic E-state index is 9.00. The summed E-state index contributed by atoms with van der Waals surface area (Å²) in [4.78, 5) is 27.0. The Bertz CT molecular complexity index is 177. The first kappa shape index (κ1) is 25.2. The van der Waals surface area contributed by atoms with Crippen LogP contribution in [0.1, 0.15) is 20.8 Å². The number of carboxylic acid groups (broad SMARTS) is 3. The van der Waals surface area contributed by atoms with Crippen LogP contribution in [0.2, 0.25) is 0 Å². The Morgan fingerprint density at radius 2 is 1.17 bits per heavy atom. The Labute approximate surface area is 104 Å². The molecule has 8 N–H and O–H groups in total. The molecular formula is C8H20N2O8. The van der Waals surface area contributed by atoms with Gasteiger partial charge >= 0.3 is 0 Å². The molecule has 0 saturated carbocycles. The Balaban J connectivity index is -0.0000000742. The van der Waals surface area contributed by atoms with Crippen molar-refractivity contribution < 1.29 is 40.0 Å². The predicted molar refractivity (Wildman–Crippen MR) is 59.9 cm³/mol. The Morgan fingerprint density at radius 1 is 1.00 bits per heavy atom. The van der Waals surface area contributed by atoms with Crippen LogP contribution in [0.5, 0.6) is 0 Å². The van der Waals surface area contributed by atoms with Gasteiger partial charge in [0.25, 0.3) is 17.9 Å². The van der Waals surface area contributed by atoms with Gasteiger partial charge in [0.2, 0.25) is 0 Å². The molecule has 0 saturated heterocycles. The zero-order chi connectivity index (χ0) is 15.7. The van der Waals surface area contributed by atoms with Gasteiger partial charge in [-0.2, -0.15) is 5.48 Å². The van der Waals surface area contributed by atoms with Crippen LogP contribution >= 0.6 is 0 Å². The number of nitrogens with two attached hydrogens (primary N) is 1. The predicted octanol–water partition coefficient (Wildman–Crippen LogP) is -1.48. The van der Waals surface area contributed by atoms with Gasteiger partial charge in [0.05, 0.1) is 0 Å². The van der Waals surface area contributed by atoms with Crippen LogP contribution in [0.4, 0.5) is 0 Å². The van der Waals surface area contributed by atoms with Crippen LogP contribution in [0.3, 0.4) is 0 Å². The fourth-order valence-corrected chi connectivity index (χ4v) is 0.0527.